The molecule has 0 saturated carbocycles. The Kier molecular flexibility index (Phi) is 12.0. The van der Waals surface area contributed by atoms with Gasteiger partial charge in [-0.15, -0.1) is 0 Å². The Morgan fingerprint density at radius 2 is 1.48 bits per heavy atom. The van der Waals surface area contributed by atoms with E-state index in [-0.39, 0.29) is 29.5 Å². The minimum absolute atomic E-state index is 0.0453. The van der Waals surface area contributed by atoms with Crippen molar-refractivity contribution in [3.8, 4) is 5.75 Å². The van der Waals surface area contributed by atoms with E-state index in [1.54, 1.807) is 36.4 Å². The summed E-state index contributed by atoms with van der Waals surface area (Å²) < 4.78 is 35.6. The highest BCUT2D eigenvalue weighted by molar-refractivity contribution is 7.92. The topological polar surface area (TPSA) is 96.0 Å². The lowest BCUT2D eigenvalue weighted by Gasteiger charge is -2.34. The quantitative estimate of drug-likeness (QED) is 0.170. The van der Waals surface area contributed by atoms with Gasteiger partial charge in [0.25, 0.3) is 10.0 Å². The van der Waals surface area contributed by atoms with Crippen molar-refractivity contribution in [2.24, 2.45) is 0 Å². The van der Waals surface area contributed by atoms with E-state index in [1.165, 1.54) is 17.0 Å². The molecule has 0 saturated heterocycles. The van der Waals surface area contributed by atoms with Gasteiger partial charge in [0.15, 0.2) is 0 Å². The molecule has 0 fully saturated rings. The number of nitrogens with one attached hydrogen (secondary N) is 1. The van der Waals surface area contributed by atoms with E-state index in [0.717, 1.165) is 33.0 Å². The van der Waals surface area contributed by atoms with Gasteiger partial charge in [-0.3, -0.25) is 13.9 Å². The number of para-hydroxylation sites is 2. The van der Waals surface area contributed by atoms with Crippen LogP contribution in [-0.4, -0.2) is 50.9 Å². The van der Waals surface area contributed by atoms with E-state index in [2.05, 4.69) is 5.32 Å². The van der Waals surface area contributed by atoms with E-state index in [1.807, 2.05) is 82.3 Å². The number of hydrogen-bond donors (Lipinski definition) is 1. The molecule has 1 N–H and O–H groups in total. The van der Waals surface area contributed by atoms with E-state index in [9.17, 15) is 18.0 Å². The molecule has 0 radical (unpaired) electrons. The number of hydrogen-bond acceptors (Lipinski definition) is 5. The number of anilines is 1. The molecule has 0 bridgehead atoms. The van der Waals surface area contributed by atoms with Crippen LogP contribution in [0.1, 0.15) is 42.5 Å². The number of carbonyl (C=O) groups excluding carboxylic acids is 2. The molecule has 0 aliphatic rings. The van der Waals surface area contributed by atoms with Gasteiger partial charge in [0.05, 0.1) is 17.2 Å². The van der Waals surface area contributed by atoms with E-state index in [0.29, 0.717) is 18.9 Å². The third-order valence-electron chi connectivity index (χ3n) is 7.58. The number of nitrogens with zero attached hydrogens (tertiary/aromatic N) is 2. The summed E-state index contributed by atoms with van der Waals surface area (Å²) in [5, 5.41) is 2.97. The lowest BCUT2D eigenvalue weighted by atomic mass is 10.0. The second kappa shape index (κ2) is 16.1. The lowest BCUT2D eigenvalue weighted by Crippen LogP contribution is -2.53. The fraction of sp³-hybridized carbons (Fsp3) is 0.297. The number of aryl methyl sites for hydroxylation is 2. The number of ether oxygens (including phenoxy) is 1. The third-order valence-corrected chi connectivity index (χ3v) is 9.35. The summed E-state index contributed by atoms with van der Waals surface area (Å²) in [6.45, 7) is 7.94. The van der Waals surface area contributed by atoms with Gasteiger partial charge in [-0.2, -0.15) is 0 Å². The average Bonchev–Trinajstić information content (AvgIpc) is 3.05. The summed E-state index contributed by atoms with van der Waals surface area (Å²) in [5.74, 6) is -0.481. The molecule has 0 aliphatic carbocycles. The summed E-state index contributed by atoms with van der Waals surface area (Å²) in [4.78, 5) is 30.0. The molecule has 1 atom stereocenters. The predicted octanol–water partition coefficient (Wildman–Crippen LogP) is 6.06. The maximum absolute atomic E-state index is 14.6. The highest BCUT2D eigenvalue weighted by Gasteiger charge is 2.35. The van der Waals surface area contributed by atoms with Crippen LogP contribution < -0.4 is 14.4 Å². The molecule has 46 heavy (non-hydrogen) atoms. The molecular formula is C37H43N3O5S. The zero-order chi connectivity index (χ0) is 33.1. The number of amides is 2. The standard InChI is InChI=1S/C37H43N3O5S/c1-5-23-38-37(42)34(25-30-14-8-7-9-15-30)39(26-31-16-12-13-29(4)24-31)36(41)27-40(33-17-10-11-18-35(33)45-6-2)46(43,44)32-21-19-28(3)20-22-32/h7-22,24,34H,5-6,23,25-27H2,1-4H3,(H,38,42)/t34-/m0/s1. The van der Waals surface area contributed by atoms with Gasteiger partial charge in [-0.05, 0) is 62.6 Å². The zero-order valence-corrected chi connectivity index (χ0v) is 27.8. The smallest absolute Gasteiger partial charge is 0.264 e. The summed E-state index contributed by atoms with van der Waals surface area (Å²) in [5.41, 5.74) is 3.87. The van der Waals surface area contributed by atoms with Crippen molar-refractivity contribution >= 4 is 27.5 Å². The highest BCUT2D eigenvalue weighted by atomic mass is 32.2. The van der Waals surface area contributed by atoms with Crippen LogP contribution in [0.3, 0.4) is 0 Å². The molecule has 8 nitrogen and oxygen atoms in total. The molecule has 242 valence electrons. The third kappa shape index (κ3) is 8.75. The molecule has 2 amide bonds. The highest BCUT2D eigenvalue weighted by Crippen LogP contribution is 2.33. The predicted molar refractivity (Wildman–Crippen MR) is 182 cm³/mol. The van der Waals surface area contributed by atoms with Crippen LogP contribution in [-0.2, 0) is 32.6 Å². The molecule has 0 aliphatic heterocycles. The van der Waals surface area contributed by atoms with Gasteiger partial charge in [0, 0.05) is 19.5 Å². The zero-order valence-electron chi connectivity index (χ0n) is 27.0. The number of benzene rings is 4. The maximum atomic E-state index is 14.6. The van der Waals surface area contributed by atoms with Crippen molar-refractivity contribution in [3.05, 3.63) is 125 Å². The Labute approximate surface area is 273 Å². The first-order chi connectivity index (χ1) is 22.1. The first kappa shape index (κ1) is 34.2. The molecule has 0 unspecified atom stereocenters. The molecular weight excluding hydrogens is 598 g/mol. The Morgan fingerprint density at radius 3 is 2.15 bits per heavy atom. The van der Waals surface area contributed by atoms with Crippen molar-refractivity contribution < 1.29 is 22.7 Å². The SMILES string of the molecule is CCCNC(=O)[C@H](Cc1ccccc1)N(Cc1cccc(C)c1)C(=O)CN(c1ccccc1OCC)S(=O)(=O)c1ccc(C)cc1. The Morgan fingerprint density at radius 1 is 0.804 bits per heavy atom. The molecule has 0 heterocycles. The minimum Gasteiger partial charge on any atom is -0.492 e. The van der Waals surface area contributed by atoms with Gasteiger partial charge >= 0.3 is 0 Å². The van der Waals surface area contributed by atoms with Gasteiger partial charge in [-0.25, -0.2) is 8.42 Å². The van der Waals surface area contributed by atoms with Crippen LogP contribution in [0.2, 0.25) is 0 Å². The van der Waals surface area contributed by atoms with Crippen LogP contribution in [0.4, 0.5) is 5.69 Å². The fourth-order valence-corrected chi connectivity index (χ4v) is 6.64. The molecule has 4 rings (SSSR count). The van der Waals surface area contributed by atoms with E-state index in [4.69, 9.17) is 4.74 Å². The number of carbonyl (C=O) groups is 2. The van der Waals surface area contributed by atoms with E-state index >= 15 is 0 Å². The monoisotopic (exact) mass is 641 g/mol. The average molecular weight is 642 g/mol. The second-order valence-electron chi connectivity index (χ2n) is 11.2. The Hall–Kier alpha value is -4.63. The second-order valence-corrected chi connectivity index (χ2v) is 13.1. The number of rotatable bonds is 15. The normalized spacial score (nSPS) is 11.8. The van der Waals surface area contributed by atoms with Crippen LogP contribution in [0.25, 0.3) is 0 Å². The maximum Gasteiger partial charge on any atom is 0.264 e. The largest absolute Gasteiger partial charge is 0.492 e. The van der Waals surface area contributed by atoms with Crippen molar-refractivity contribution in [2.75, 3.05) is 24.0 Å². The van der Waals surface area contributed by atoms with Crippen molar-refractivity contribution in [1.82, 2.24) is 10.2 Å². The molecule has 4 aromatic rings. The Bertz CT molecular complexity index is 1710. The minimum atomic E-state index is -4.23. The molecule has 4 aromatic carbocycles. The Balaban J connectivity index is 1.83. The van der Waals surface area contributed by atoms with Crippen molar-refractivity contribution in [2.45, 2.75) is 58.0 Å². The van der Waals surface area contributed by atoms with Crippen molar-refractivity contribution in [3.63, 3.8) is 0 Å². The first-order valence-corrected chi connectivity index (χ1v) is 17.1. The van der Waals surface area contributed by atoms with Gasteiger partial charge in [-0.1, -0.05) is 96.9 Å². The summed E-state index contributed by atoms with van der Waals surface area (Å²) in [6, 6.07) is 29.7. The van der Waals surface area contributed by atoms with Gasteiger partial charge in [0.1, 0.15) is 18.3 Å². The molecule has 0 aromatic heterocycles. The van der Waals surface area contributed by atoms with Crippen molar-refractivity contribution in [1.29, 1.82) is 0 Å². The lowest BCUT2D eigenvalue weighted by molar-refractivity contribution is -0.140. The van der Waals surface area contributed by atoms with Gasteiger partial charge in [0.2, 0.25) is 11.8 Å². The summed E-state index contributed by atoms with van der Waals surface area (Å²) in [7, 11) is -4.23. The van der Waals surface area contributed by atoms with E-state index < -0.39 is 28.5 Å². The number of sulfonamides is 1. The summed E-state index contributed by atoms with van der Waals surface area (Å²) >= 11 is 0. The summed E-state index contributed by atoms with van der Waals surface area (Å²) in [6.07, 6.45) is 0.987. The van der Waals surface area contributed by atoms with Crippen LogP contribution in [0, 0.1) is 13.8 Å². The van der Waals surface area contributed by atoms with Crippen LogP contribution in [0.15, 0.2) is 108 Å². The van der Waals surface area contributed by atoms with Gasteiger partial charge < -0.3 is 15.0 Å². The fourth-order valence-electron chi connectivity index (χ4n) is 5.22. The van der Waals surface area contributed by atoms with Crippen LogP contribution >= 0.6 is 0 Å². The molecule has 0 spiro atoms. The first-order valence-electron chi connectivity index (χ1n) is 15.6. The molecule has 9 heteroatoms. The van der Waals surface area contributed by atoms with Crippen LogP contribution in [0.5, 0.6) is 5.75 Å².